The molecule has 1 heterocycles. The topological polar surface area (TPSA) is 67.4 Å². The highest BCUT2D eigenvalue weighted by atomic mass is 19.4. The van der Waals surface area contributed by atoms with Gasteiger partial charge in [-0.2, -0.15) is 26.3 Å². The molecular weight excluding hydrogens is 454 g/mol. The van der Waals surface area contributed by atoms with E-state index < -0.39 is 53.5 Å². The van der Waals surface area contributed by atoms with Crippen LogP contribution >= 0.6 is 0 Å². The van der Waals surface area contributed by atoms with E-state index in [1.807, 2.05) is 0 Å². The number of nitrogens with one attached hydrogen (secondary N) is 2. The molecule has 0 unspecified atom stereocenters. The third-order valence-electron chi connectivity index (χ3n) is 5.20. The van der Waals surface area contributed by atoms with Crippen LogP contribution in [0.3, 0.4) is 0 Å². The summed E-state index contributed by atoms with van der Waals surface area (Å²) in [5.74, 6) is -0.903. The van der Waals surface area contributed by atoms with E-state index in [1.54, 1.807) is 30.3 Å². The first-order chi connectivity index (χ1) is 15.3. The Morgan fingerprint density at radius 2 is 1.64 bits per heavy atom. The molecule has 0 spiro atoms. The van der Waals surface area contributed by atoms with Gasteiger partial charge in [-0.15, -0.1) is 0 Å². The van der Waals surface area contributed by atoms with E-state index >= 15 is 0 Å². The number of hydrogen-bond donors (Lipinski definition) is 2. The molecule has 2 aromatic carbocycles. The van der Waals surface area contributed by atoms with Crippen LogP contribution in [0.1, 0.15) is 35.6 Å². The Kier molecular flexibility index (Phi) is 6.73. The number of carbonyl (C=O) groups is 2. The summed E-state index contributed by atoms with van der Waals surface area (Å²) in [6, 6.07) is 8.92. The second-order valence-corrected chi connectivity index (χ2v) is 7.80. The number of hydrogen-bond acceptors (Lipinski definition) is 3. The molecule has 3 rings (SSSR count). The molecule has 1 aliphatic rings. The number of amides is 2. The van der Waals surface area contributed by atoms with Crippen LogP contribution < -0.4 is 10.6 Å². The fourth-order valence-corrected chi connectivity index (χ4v) is 3.75. The van der Waals surface area contributed by atoms with Gasteiger partial charge in [-0.05, 0) is 29.3 Å². The molecule has 178 valence electrons. The third kappa shape index (κ3) is 5.84. The van der Waals surface area contributed by atoms with Crippen LogP contribution in [0.25, 0.3) is 0 Å². The van der Waals surface area contributed by atoms with Gasteiger partial charge >= 0.3 is 12.4 Å². The average Bonchev–Trinajstić information content (AvgIpc) is 3.03. The Bertz CT molecular complexity index is 991. The van der Waals surface area contributed by atoms with Crippen LogP contribution in [0.5, 0.6) is 0 Å². The van der Waals surface area contributed by atoms with Gasteiger partial charge < -0.3 is 15.4 Å². The van der Waals surface area contributed by atoms with Gasteiger partial charge in [0, 0.05) is 13.3 Å². The number of alkyl halides is 6. The Balaban J connectivity index is 1.84. The fraction of sp³-hybridized carbons (Fsp3) is 0.364. The molecule has 2 aromatic rings. The summed E-state index contributed by atoms with van der Waals surface area (Å²) in [4.78, 5) is 23.8. The second-order valence-electron chi connectivity index (χ2n) is 7.80. The first kappa shape index (κ1) is 24.6. The van der Waals surface area contributed by atoms with Gasteiger partial charge in [0.05, 0.1) is 29.9 Å². The number of ether oxygens (including phenoxy) is 1. The van der Waals surface area contributed by atoms with Crippen molar-refractivity contribution in [3.8, 4) is 0 Å². The summed E-state index contributed by atoms with van der Waals surface area (Å²) >= 11 is 0. The van der Waals surface area contributed by atoms with Crippen LogP contribution in [0.15, 0.2) is 48.5 Å². The van der Waals surface area contributed by atoms with E-state index in [9.17, 15) is 35.9 Å². The molecule has 1 saturated heterocycles. The molecule has 0 radical (unpaired) electrons. The molecule has 2 atom stereocenters. The molecule has 0 aromatic heterocycles. The van der Waals surface area contributed by atoms with Gasteiger partial charge in [-0.1, -0.05) is 30.3 Å². The van der Waals surface area contributed by atoms with Crippen LogP contribution in [-0.2, 0) is 38.8 Å². The van der Waals surface area contributed by atoms with Gasteiger partial charge in [-0.3, -0.25) is 9.59 Å². The van der Waals surface area contributed by atoms with E-state index in [2.05, 4.69) is 10.6 Å². The summed E-state index contributed by atoms with van der Waals surface area (Å²) in [5.41, 5.74) is -3.70. The lowest BCUT2D eigenvalue weighted by molar-refractivity contribution is -0.143. The number of rotatable bonds is 6. The lowest BCUT2D eigenvalue weighted by atomic mass is 9.88. The van der Waals surface area contributed by atoms with Crippen molar-refractivity contribution < 1.29 is 40.7 Å². The Morgan fingerprint density at radius 3 is 2.15 bits per heavy atom. The first-order valence-corrected chi connectivity index (χ1v) is 9.81. The molecule has 0 bridgehead atoms. The van der Waals surface area contributed by atoms with E-state index in [-0.39, 0.29) is 24.7 Å². The normalized spacial score (nSPS) is 21.1. The summed E-state index contributed by atoms with van der Waals surface area (Å²) in [5, 5.41) is 5.27. The number of carbonyl (C=O) groups excluding carboxylic acids is 2. The lowest BCUT2D eigenvalue weighted by Crippen LogP contribution is -2.43. The minimum atomic E-state index is -4.97. The Hall–Kier alpha value is -3.08. The molecule has 1 aliphatic heterocycles. The standard InChI is InChI=1S/C22H20F6N2O3/c1-13(31)29-18-10-20(30-19(18)32,15-5-3-2-4-6-15)12-33-11-14-7-16(21(23,24)25)9-17(8-14)22(26,27)28/h2-9,18H,10-12H2,1H3,(H,29,31)(H,30,32)/t18-,20+/m0/s1. The van der Waals surface area contributed by atoms with Crippen LogP contribution in [-0.4, -0.2) is 24.5 Å². The smallest absolute Gasteiger partial charge is 0.374 e. The molecular formula is C22H20F6N2O3. The van der Waals surface area contributed by atoms with Gasteiger partial charge in [0.2, 0.25) is 11.8 Å². The largest absolute Gasteiger partial charge is 0.416 e. The summed E-state index contributed by atoms with van der Waals surface area (Å²) in [6.07, 6.45) is -9.84. The van der Waals surface area contributed by atoms with Crippen molar-refractivity contribution >= 4 is 11.8 Å². The van der Waals surface area contributed by atoms with E-state index in [0.717, 1.165) is 0 Å². The minimum absolute atomic E-state index is 0.0458. The molecule has 2 N–H and O–H groups in total. The summed E-state index contributed by atoms with van der Waals surface area (Å²) < 4.78 is 84.1. The number of halogens is 6. The zero-order chi connectivity index (χ0) is 24.4. The maximum absolute atomic E-state index is 13.1. The van der Waals surface area contributed by atoms with Crippen LogP contribution in [0.2, 0.25) is 0 Å². The van der Waals surface area contributed by atoms with Gasteiger partial charge in [0.15, 0.2) is 0 Å². The molecule has 1 fully saturated rings. The zero-order valence-corrected chi connectivity index (χ0v) is 17.3. The van der Waals surface area contributed by atoms with E-state index in [4.69, 9.17) is 4.74 Å². The second kappa shape index (κ2) is 9.05. The molecule has 5 nitrogen and oxygen atoms in total. The molecule has 33 heavy (non-hydrogen) atoms. The summed E-state index contributed by atoms with van der Waals surface area (Å²) in [6.45, 7) is 0.455. The monoisotopic (exact) mass is 474 g/mol. The Morgan fingerprint density at radius 1 is 1.06 bits per heavy atom. The minimum Gasteiger partial charge on any atom is -0.374 e. The molecule has 0 aliphatic carbocycles. The van der Waals surface area contributed by atoms with E-state index in [0.29, 0.717) is 17.7 Å². The summed E-state index contributed by atoms with van der Waals surface area (Å²) in [7, 11) is 0. The van der Waals surface area contributed by atoms with Crippen molar-refractivity contribution in [2.45, 2.75) is 43.9 Å². The third-order valence-corrected chi connectivity index (χ3v) is 5.20. The predicted octanol–water partition coefficient (Wildman–Crippen LogP) is 4.16. The molecule has 11 heteroatoms. The van der Waals surface area contributed by atoms with Crippen LogP contribution in [0, 0.1) is 0 Å². The van der Waals surface area contributed by atoms with Crippen molar-refractivity contribution in [2.75, 3.05) is 6.61 Å². The van der Waals surface area contributed by atoms with Gasteiger partial charge in [0.25, 0.3) is 0 Å². The van der Waals surface area contributed by atoms with Crippen molar-refractivity contribution in [3.05, 3.63) is 70.8 Å². The SMILES string of the molecule is CC(=O)N[C@H]1C[C@@](COCc2cc(C(F)(F)F)cc(C(F)(F)F)c2)(c2ccccc2)NC1=O. The predicted molar refractivity (Wildman–Crippen MR) is 105 cm³/mol. The highest BCUT2D eigenvalue weighted by Crippen LogP contribution is 2.37. The molecule has 0 saturated carbocycles. The molecule has 2 amide bonds. The maximum Gasteiger partial charge on any atom is 0.416 e. The first-order valence-electron chi connectivity index (χ1n) is 9.81. The quantitative estimate of drug-likeness (QED) is 0.618. The number of benzene rings is 2. The average molecular weight is 474 g/mol. The fourth-order valence-electron chi connectivity index (χ4n) is 3.75. The van der Waals surface area contributed by atoms with Gasteiger partial charge in [0.1, 0.15) is 6.04 Å². The van der Waals surface area contributed by atoms with Crippen molar-refractivity contribution in [1.29, 1.82) is 0 Å². The van der Waals surface area contributed by atoms with Crippen molar-refractivity contribution in [1.82, 2.24) is 10.6 Å². The van der Waals surface area contributed by atoms with Crippen molar-refractivity contribution in [2.24, 2.45) is 0 Å². The van der Waals surface area contributed by atoms with E-state index in [1.165, 1.54) is 6.92 Å². The zero-order valence-electron chi connectivity index (χ0n) is 17.3. The maximum atomic E-state index is 13.1. The highest BCUT2D eigenvalue weighted by Gasteiger charge is 2.46. The van der Waals surface area contributed by atoms with Gasteiger partial charge in [-0.25, -0.2) is 0 Å². The van der Waals surface area contributed by atoms with Crippen molar-refractivity contribution in [3.63, 3.8) is 0 Å². The Labute approximate surface area is 185 Å². The highest BCUT2D eigenvalue weighted by molar-refractivity contribution is 5.89. The lowest BCUT2D eigenvalue weighted by Gasteiger charge is -2.30. The van der Waals surface area contributed by atoms with Crippen LogP contribution in [0.4, 0.5) is 26.3 Å².